The molecule has 180 valence electrons. The third-order valence-corrected chi connectivity index (χ3v) is 6.94. The van der Waals surface area contributed by atoms with Gasteiger partial charge in [-0.3, -0.25) is 9.47 Å². The zero-order valence-corrected chi connectivity index (χ0v) is 21.4. The minimum atomic E-state index is 0.105. The Bertz CT molecular complexity index is 1310. The zero-order valence-electron chi connectivity index (χ0n) is 20.6. The third kappa shape index (κ3) is 5.06. The van der Waals surface area contributed by atoms with E-state index in [9.17, 15) is 0 Å². The van der Waals surface area contributed by atoms with Crippen LogP contribution in [0.5, 0.6) is 0 Å². The first-order valence-corrected chi connectivity index (χ1v) is 12.6. The van der Waals surface area contributed by atoms with E-state index in [0.717, 1.165) is 49.1 Å². The van der Waals surface area contributed by atoms with Crippen molar-refractivity contribution in [3.8, 4) is 17.1 Å². The first kappa shape index (κ1) is 23.5. The molecule has 0 atom stereocenters. The van der Waals surface area contributed by atoms with E-state index in [4.69, 9.17) is 17.3 Å². The van der Waals surface area contributed by atoms with E-state index in [1.165, 1.54) is 5.56 Å². The van der Waals surface area contributed by atoms with Crippen LogP contribution in [0.25, 0.3) is 17.1 Å². The lowest BCUT2D eigenvalue weighted by Gasteiger charge is -2.35. The molecule has 0 N–H and O–H groups in total. The molecule has 0 bridgehead atoms. The molecule has 4 aromatic rings. The molecule has 2 aromatic carbocycles. The second kappa shape index (κ2) is 9.76. The van der Waals surface area contributed by atoms with Crippen molar-refractivity contribution in [3.63, 3.8) is 0 Å². The normalized spacial score (nSPS) is 14.9. The Hall–Kier alpha value is -3.29. The molecule has 1 aliphatic rings. The first-order valence-electron chi connectivity index (χ1n) is 12.1. The highest BCUT2D eigenvalue weighted by atomic mass is 32.1. The molecule has 2 aromatic heterocycles. The molecule has 5 rings (SSSR count). The number of rotatable bonds is 5. The van der Waals surface area contributed by atoms with Crippen LogP contribution in [0.3, 0.4) is 0 Å². The summed E-state index contributed by atoms with van der Waals surface area (Å²) < 4.78 is 4.76. The van der Waals surface area contributed by atoms with Gasteiger partial charge in [0.2, 0.25) is 4.77 Å². The van der Waals surface area contributed by atoms with Gasteiger partial charge in [-0.2, -0.15) is 0 Å². The standard InChI is InChI=1S/C28H32N6S/c1-28(2,3)23-14-12-22(13-15-23)26-30-33(27(35)34(26)24-9-5-4-6-10-24)21-31-17-19-32(20-18-31)25-11-7-8-16-29-25/h4-16H,17-21H2,1-3H3. The van der Waals surface area contributed by atoms with E-state index in [2.05, 4.69) is 82.6 Å². The average molecular weight is 485 g/mol. The molecule has 7 heteroatoms. The molecule has 1 saturated heterocycles. The maximum absolute atomic E-state index is 5.96. The molecule has 1 fully saturated rings. The highest BCUT2D eigenvalue weighted by Gasteiger charge is 2.21. The highest BCUT2D eigenvalue weighted by Crippen LogP contribution is 2.27. The number of pyridine rings is 1. The van der Waals surface area contributed by atoms with Crippen LogP contribution >= 0.6 is 12.2 Å². The maximum Gasteiger partial charge on any atom is 0.204 e. The van der Waals surface area contributed by atoms with Crippen molar-refractivity contribution in [1.29, 1.82) is 0 Å². The van der Waals surface area contributed by atoms with Gasteiger partial charge in [0, 0.05) is 43.6 Å². The maximum atomic E-state index is 5.96. The third-order valence-electron chi connectivity index (χ3n) is 6.54. The van der Waals surface area contributed by atoms with Crippen molar-refractivity contribution >= 4 is 18.0 Å². The number of benzene rings is 2. The molecule has 1 aliphatic heterocycles. The summed E-state index contributed by atoms with van der Waals surface area (Å²) in [5.41, 5.74) is 3.50. The van der Waals surface area contributed by atoms with Gasteiger partial charge in [0.1, 0.15) is 5.82 Å². The van der Waals surface area contributed by atoms with Crippen LogP contribution in [0.4, 0.5) is 5.82 Å². The topological polar surface area (TPSA) is 42.1 Å². The van der Waals surface area contributed by atoms with Crippen LogP contribution in [0.15, 0.2) is 79.0 Å². The Morgan fingerprint density at radius 1 is 0.829 bits per heavy atom. The van der Waals surface area contributed by atoms with Crippen molar-refractivity contribution in [2.75, 3.05) is 31.1 Å². The average Bonchev–Trinajstić information content (AvgIpc) is 3.21. The molecule has 0 radical (unpaired) electrons. The van der Waals surface area contributed by atoms with Gasteiger partial charge in [0.15, 0.2) is 5.82 Å². The number of hydrogen-bond acceptors (Lipinski definition) is 5. The van der Waals surface area contributed by atoms with Crippen molar-refractivity contribution in [3.05, 3.63) is 89.3 Å². The summed E-state index contributed by atoms with van der Waals surface area (Å²) in [5.74, 6) is 1.91. The number of anilines is 1. The Kier molecular flexibility index (Phi) is 6.54. The summed E-state index contributed by atoms with van der Waals surface area (Å²) in [6.45, 7) is 11.1. The Morgan fingerprint density at radius 2 is 1.51 bits per heavy atom. The van der Waals surface area contributed by atoms with Crippen LogP contribution in [-0.2, 0) is 12.1 Å². The first-order chi connectivity index (χ1) is 16.9. The van der Waals surface area contributed by atoms with Crippen molar-refractivity contribution < 1.29 is 0 Å². The van der Waals surface area contributed by atoms with E-state index in [1.54, 1.807) is 0 Å². The van der Waals surface area contributed by atoms with Crippen molar-refractivity contribution in [1.82, 2.24) is 24.2 Å². The summed E-state index contributed by atoms with van der Waals surface area (Å²) >= 11 is 5.96. The number of para-hydroxylation sites is 1. The molecule has 0 saturated carbocycles. The predicted molar refractivity (Wildman–Crippen MR) is 145 cm³/mol. The summed E-state index contributed by atoms with van der Waals surface area (Å²) in [6, 6.07) is 25.1. The number of hydrogen-bond donors (Lipinski definition) is 0. The van der Waals surface area contributed by atoms with Crippen LogP contribution in [0.1, 0.15) is 26.3 Å². The van der Waals surface area contributed by atoms with E-state index < -0.39 is 0 Å². The molecule has 0 spiro atoms. The predicted octanol–water partition coefficient (Wildman–Crippen LogP) is 5.54. The van der Waals surface area contributed by atoms with Gasteiger partial charge >= 0.3 is 0 Å². The number of nitrogens with zero attached hydrogens (tertiary/aromatic N) is 6. The van der Waals surface area contributed by atoms with Crippen LogP contribution in [0.2, 0.25) is 0 Å². The summed E-state index contributed by atoms with van der Waals surface area (Å²) in [4.78, 5) is 9.24. The molecular formula is C28H32N6S. The smallest absolute Gasteiger partial charge is 0.204 e. The molecule has 0 amide bonds. The lowest BCUT2D eigenvalue weighted by atomic mass is 9.87. The lowest BCUT2D eigenvalue weighted by molar-refractivity contribution is 0.194. The minimum absolute atomic E-state index is 0.105. The van der Waals surface area contributed by atoms with Gasteiger partial charge in [0.05, 0.1) is 6.67 Å². The molecule has 35 heavy (non-hydrogen) atoms. The number of piperazine rings is 1. The highest BCUT2D eigenvalue weighted by molar-refractivity contribution is 7.71. The summed E-state index contributed by atoms with van der Waals surface area (Å²) in [5, 5.41) is 5.03. The molecule has 0 unspecified atom stereocenters. The van der Waals surface area contributed by atoms with E-state index in [-0.39, 0.29) is 5.41 Å². The minimum Gasteiger partial charge on any atom is -0.354 e. The SMILES string of the molecule is CC(C)(C)c1ccc(-c2nn(CN3CCN(c4ccccn4)CC3)c(=S)n2-c2ccccc2)cc1. The fraction of sp³-hybridized carbons (Fsp3) is 0.321. The van der Waals surface area contributed by atoms with Gasteiger partial charge < -0.3 is 4.90 Å². The Balaban J connectivity index is 1.42. The fourth-order valence-electron chi connectivity index (χ4n) is 4.46. The Morgan fingerprint density at radius 3 is 2.14 bits per heavy atom. The quantitative estimate of drug-likeness (QED) is 0.348. The monoisotopic (exact) mass is 484 g/mol. The largest absolute Gasteiger partial charge is 0.354 e. The van der Waals surface area contributed by atoms with Crippen LogP contribution in [-0.4, -0.2) is 50.4 Å². The molecular weight excluding hydrogens is 452 g/mol. The molecule has 3 heterocycles. The van der Waals surface area contributed by atoms with Crippen LogP contribution < -0.4 is 4.90 Å². The molecule has 0 aliphatic carbocycles. The number of aromatic nitrogens is 4. The summed E-state index contributed by atoms with van der Waals surface area (Å²) in [6.07, 6.45) is 1.85. The lowest BCUT2D eigenvalue weighted by Crippen LogP contribution is -2.47. The fourth-order valence-corrected chi connectivity index (χ4v) is 4.75. The molecule has 6 nitrogen and oxygen atoms in total. The summed E-state index contributed by atoms with van der Waals surface area (Å²) in [7, 11) is 0. The van der Waals surface area contributed by atoms with E-state index in [1.807, 2.05) is 41.2 Å². The van der Waals surface area contributed by atoms with Gasteiger partial charge in [-0.25, -0.2) is 9.67 Å². The van der Waals surface area contributed by atoms with Crippen LogP contribution in [0, 0.1) is 4.77 Å². The van der Waals surface area contributed by atoms with Gasteiger partial charge in [-0.05, 0) is 47.5 Å². The van der Waals surface area contributed by atoms with Crippen molar-refractivity contribution in [2.24, 2.45) is 0 Å². The van der Waals surface area contributed by atoms with Crippen molar-refractivity contribution in [2.45, 2.75) is 32.9 Å². The van der Waals surface area contributed by atoms with E-state index in [0.29, 0.717) is 11.4 Å². The second-order valence-corrected chi connectivity index (χ2v) is 10.4. The van der Waals surface area contributed by atoms with Gasteiger partial charge in [-0.15, -0.1) is 5.10 Å². The Labute approximate surface area is 212 Å². The van der Waals surface area contributed by atoms with Gasteiger partial charge in [0.25, 0.3) is 0 Å². The zero-order chi connectivity index (χ0) is 24.4. The second-order valence-electron chi connectivity index (χ2n) is 10.0. The van der Waals surface area contributed by atoms with E-state index >= 15 is 0 Å². The van der Waals surface area contributed by atoms with Gasteiger partial charge in [-0.1, -0.05) is 69.3 Å².